The van der Waals surface area contributed by atoms with Gasteiger partial charge in [-0.2, -0.15) is 0 Å². The average Bonchev–Trinajstić information content (AvgIpc) is 1.85. The molecule has 0 fully saturated rings. The van der Waals surface area contributed by atoms with Crippen LogP contribution in [0.4, 0.5) is 0 Å². The molecule has 0 aromatic carbocycles. The fourth-order valence-corrected chi connectivity index (χ4v) is 1.08. The quantitative estimate of drug-likeness (QED) is 0.436. The Hall–Kier alpha value is -0.483. The van der Waals surface area contributed by atoms with Crippen molar-refractivity contribution in [3.63, 3.8) is 0 Å². The summed E-state index contributed by atoms with van der Waals surface area (Å²) < 4.78 is 0. The van der Waals surface area contributed by atoms with E-state index >= 15 is 0 Å². The third-order valence-corrected chi connectivity index (χ3v) is 2.00. The van der Waals surface area contributed by atoms with Gasteiger partial charge in [0.05, 0.1) is 0 Å². The predicted octanol–water partition coefficient (Wildman–Crippen LogP) is 3.22. The second-order valence-corrected chi connectivity index (χ2v) is 8.46. The maximum absolute atomic E-state index is 3.28. The van der Waals surface area contributed by atoms with Gasteiger partial charge >= 0.3 is 0 Å². The summed E-state index contributed by atoms with van der Waals surface area (Å²) >= 11 is 0. The maximum atomic E-state index is 3.28. The van der Waals surface area contributed by atoms with Crippen LogP contribution in [0, 0.1) is 11.5 Å². The van der Waals surface area contributed by atoms with Crippen molar-refractivity contribution in [2.24, 2.45) is 0 Å². The zero-order valence-corrected chi connectivity index (χ0v) is 9.07. The Bertz CT molecular complexity index is 173. The Morgan fingerprint density at radius 3 is 2.36 bits per heavy atom. The molecule has 0 aliphatic carbocycles. The molecule has 0 spiro atoms. The largest absolute Gasteiger partial charge is 0.129 e. The Morgan fingerprint density at radius 2 is 1.91 bits per heavy atom. The molecule has 0 amide bonds. The van der Waals surface area contributed by atoms with E-state index in [0.717, 1.165) is 6.42 Å². The minimum Gasteiger partial charge on any atom is -0.127 e. The molecule has 11 heavy (non-hydrogen) atoms. The van der Waals surface area contributed by atoms with Crippen molar-refractivity contribution >= 4 is 8.07 Å². The first-order valence-electron chi connectivity index (χ1n) is 4.24. The fraction of sp³-hybridized carbons (Fsp3) is 0.600. The summed E-state index contributed by atoms with van der Waals surface area (Å²) in [4.78, 5) is 0. The first-order valence-corrected chi connectivity index (χ1v) is 7.74. The molecule has 0 aromatic heterocycles. The third kappa shape index (κ3) is 9.52. The standard InChI is InChI=1S/C10H18Si/c1-5-6-7-8-9-10-11(2,3)4/h7-8H,5-6H2,1-4H3/b8-7+. The normalized spacial score (nSPS) is 11.3. The van der Waals surface area contributed by atoms with Crippen LogP contribution in [0.1, 0.15) is 19.8 Å². The van der Waals surface area contributed by atoms with Gasteiger partial charge in [-0.25, -0.2) is 0 Å². The summed E-state index contributed by atoms with van der Waals surface area (Å²) in [6, 6.07) is 0. The van der Waals surface area contributed by atoms with Gasteiger partial charge in [0.2, 0.25) is 0 Å². The maximum Gasteiger partial charge on any atom is 0.129 e. The number of hydrogen-bond acceptors (Lipinski definition) is 0. The van der Waals surface area contributed by atoms with E-state index in [2.05, 4.69) is 44.1 Å². The number of allylic oxidation sites excluding steroid dienone is 2. The van der Waals surface area contributed by atoms with Gasteiger partial charge in [-0.15, -0.1) is 5.54 Å². The number of unbranched alkanes of at least 4 members (excludes halogenated alkanes) is 1. The Balaban J connectivity index is 3.72. The Morgan fingerprint density at radius 1 is 1.27 bits per heavy atom. The van der Waals surface area contributed by atoms with Gasteiger partial charge in [0.1, 0.15) is 8.07 Å². The van der Waals surface area contributed by atoms with Gasteiger partial charge in [0, 0.05) is 0 Å². The summed E-state index contributed by atoms with van der Waals surface area (Å²) in [6.45, 7) is 8.95. The van der Waals surface area contributed by atoms with E-state index in [0.29, 0.717) is 0 Å². The molecule has 0 radical (unpaired) electrons. The average molecular weight is 166 g/mol. The Labute approximate surface area is 71.7 Å². The van der Waals surface area contributed by atoms with Crippen molar-refractivity contribution in [2.75, 3.05) is 0 Å². The molecule has 0 heterocycles. The highest BCUT2D eigenvalue weighted by Crippen LogP contribution is 1.96. The van der Waals surface area contributed by atoms with Crippen molar-refractivity contribution in [3.8, 4) is 11.5 Å². The van der Waals surface area contributed by atoms with E-state index in [-0.39, 0.29) is 0 Å². The molecule has 0 saturated carbocycles. The van der Waals surface area contributed by atoms with Gasteiger partial charge in [0.25, 0.3) is 0 Å². The zero-order chi connectivity index (χ0) is 8.74. The van der Waals surface area contributed by atoms with Crippen molar-refractivity contribution < 1.29 is 0 Å². The zero-order valence-electron chi connectivity index (χ0n) is 8.07. The second-order valence-electron chi connectivity index (χ2n) is 3.71. The van der Waals surface area contributed by atoms with E-state index in [4.69, 9.17) is 0 Å². The first-order chi connectivity index (χ1) is 5.06. The highest BCUT2D eigenvalue weighted by atomic mass is 28.3. The molecular weight excluding hydrogens is 148 g/mol. The van der Waals surface area contributed by atoms with Crippen LogP contribution < -0.4 is 0 Å². The van der Waals surface area contributed by atoms with Crippen molar-refractivity contribution in [1.29, 1.82) is 0 Å². The molecule has 0 aliphatic rings. The van der Waals surface area contributed by atoms with Crippen LogP contribution in [0.2, 0.25) is 19.6 Å². The van der Waals surface area contributed by atoms with Crippen molar-refractivity contribution in [3.05, 3.63) is 12.2 Å². The minimum absolute atomic E-state index is 1.13. The molecule has 0 N–H and O–H groups in total. The van der Waals surface area contributed by atoms with Crippen LogP contribution in [0.15, 0.2) is 12.2 Å². The molecule has 0 aliphatic heterocycles. The summed E-state index contributed by atoms with van der Waals surface area (Å²) in [5.41, 5.74) is 3.28. The first kappa shape index (κ1) is 10.5. The van der Waals surface area contributed by atoms with E-state index in [1.165, 1.54) is 6.42 Å². The van der Waals surface area contributed by atoms with E-state index in [9.17, 15) is 0 Å². The van der Waals surface area contributed by atoms with Crippen LogP contribution in [0.5, 0.6) is 0 Å². The number of hydrogen-bond donors (Lipinski definition) is 0. The van der Waals surface area contributed by atoms with Gasteiger partial charge in [-0.3, -0.25) is 0 Å². The molecule has 0 nitrogen and oxygen atoms in total. The highest BCUT2D eigenvalue weighted by molar-refractivity contribution is 6.83. The van der Waals surface area contributed by atoms with Gasteiger partial charge in [0.15, 0.2) is 0 Å². The smallest absolute Gasteiger partial charge is 0.127 e. The molecule has 62 valence electrons. The molecule has 0 bridgehead atoms. The molecule has 0 aromatic rings. The lowest BCUT2D eigenvalue weighted by molar-refractivity contribution is 0.959. The minimum atomic E-state index is -1.13. The molecule has 0 saturated heterocycles. The lowest BCUT2D eigenvalue weighted by Crippen LogP contribution is -2.16. The van der Waals surface area contributed by atoms with Gasteiger partial charge in [-0.05, 0) is 12.5 Å². The van der Waals surface area contributed by atoms with Crippen LogP contribution in [-0.2, 0) is 0 Å². The van der Waals surface area contributed by atoms with Gasteiger partial charge in [-0.1, -0.05) is 45.0 Å². The summed E-state index contributed by atoms with van der Waals surface area (Å²) in [6.07, 6.45) is 6.50. The van der Waals surface area contributed by atoms with Crippen LogP contribution >= 0.6 is 0 Å². The molecule has 0 atom stereocenters. The van der Waals surface area contributed by atoms with E-state index < -0.39 is 8.07 Å². The highest BCUT2D eigenvalue weighted by Gasteiger charge is 2.06. The van der Waals surface area contributed by atoms with Crippen LogP contribution in [0.3, 0.4) is 0 Å². The molecule has 1 heteroatoms. The van der Waals surface area contributed by atoms with Gasteiger partial charge < -0.3 is 0 Å². The lowest BCUT2D eigenvalue weighted by atomic mass is 10.3. The third-order valence-electron chi connectivity index (χ3n) is 1.10. The van der Waals surface area contributed by atoms with Crippen LogP contribution in [-0.4, -0.2) is 8.07 Å². The summed E-state index contributed by atoms with van der Waals surface area (Å²) in [7, 11) is -1.13. The predicted molar refractivity (Wildman–Crippen MR) is 55.2 cm³/mol. The summed E-state index contributed by atoms with van der Waals surface area (Å²) in [5, 5.41) is 0. The van der Waals surface area contributed by atoms with Crippen molar-refractivity contribution in [1.82, 2.24) is 0 Å². The number of rotatable bonds is 2. The van der Waals surface area contributed by atoms with E-state index in [1.54, 1.807) is 0 Å². The molecular formula is C10H18Si. The summed E-state index contributed by atoms with van der Waals surface area (Å²) in [5.74, 6) is 3.09. The fourth-order valence-electron chi connectivity index (χ4n) is 0.567. The van der Waals surface area contributed by atoms with Crippen molar-refractivity contribution in [2.45, 2.75) is 39.4 Å². The monoisotopic (exact) mass is 166 g/mol. The SMILES string of the molecule is CCC/C=C/C#C[Si](C)(C)C. The van der Waals surface area contributed by atoms with Crippen LogP contribution in [0.25, 0.3) is 0 Å². The Kier molecular flexibility index (Phi) is 4.98. The topological polar surface area (TPSA) is 0 Å². The molecule has 0 rings (SSSR count). The van der Waals surface area contributed by atoms with E-state index in [1.807, 2.05) is 6.08 Å². The lowest BCUT2D eigenvalue weighted by Gasteiger charge is -2.01. The molecule has 0 unspecified atom stereocenters. The second kappa shape index (κ2) is 5.20.